The molecule has 39 heavy (non-hydrogen) atoms. The topological polar surface area (TPSA) is 103 Å². The minimum atomic E-state index is -0.839. The van der Waals surface area contributed by atoms with Crippen molar-refractivity contribution in [1.29, 1.82) is 5.26 Å². The molecule has 0 bridgehead atoms. The summed E-state index contributed by atoms with van der Waals surface area (Å²) in [6.07, 6.45) is 0.419. The van der Waals surface area contributed by atoms with E-state index >= 15 is 0 Å². The van der Waals surface area contributed by atoms with E-state index in [4.69, 9.17) is 4.74 Å². The number of ether oxygens (including phenoxy) is 1. The fraction of sp³-hybridized carbons (Fsp3) is 0.355. The molecule has 3 amide bonds. The monoisotopic (exact) mass is 526 g/mol. The number of carbonyl (C=O) groups is 3. The summed E-state index contributed by atoms with van der Waals surface area (Å²) >= 11 is 0. The lowest BCUT2D eigenvalue weighted by molar-refractivity contribution is -0.130. The maximum Gasteiger partial charge on any atom is 0.410 e. The van der Waals surface area contributed by atoms with E-state index in [0.717, 1.165) is 27.6 Å². The Kier molecular flexibility index (Phi) is 7.91. The van der Waals surface area contributed by atoms with Crippen LogP contribution in [0, 0.1) is 11.3 Å². The first kappa shape index (κ1) is 27.6. The van der Waals surface area contributed by atoms with Gasteiger partial charge in [-0.3, -0.25) is 14.5 Å². The van der Waals surface area contributed by atoms with Gasteiger partial charge in [0.2, 0.25) is 11.8 Å². The van der Waals surface area contributed by atoms with Gasteiger partial charge in [-0.25, -0.2) is 4.79 Å². The lowest BCUT2D eigenvalue weighted by atomic mass is 10.00. The molecule has 2 atom stereocenters. The smallest absolute Gasteiger partial charge is 0.410 e. The highest BCUT2D eigenvalue weighted by Gasteiger charge is 2.34. The van der Waals surface area contributed by atoms with Gasteiger partial charge in [0.25, 0.3) is 0 Å². The lowest BCUT2D eigenvalue weighted by Gasteiger charge is -2.30. The third-order valence-corrected chi connectivity index (χ3v) is 6.97. The average molecular weight is 527 g/mol. The number of likely N-dealkylation sites (N-methyl/N-ethyl adjacent to an activating group) is 1. The predicted molar refractivity (Wildman–Crippen MR) is 150 cm³/mol. The van der Waals surface area contributed by atoms with E-state index in [0.29, 0.717) is 18.4 Å². The number of hydrogen-bond donors (Lipinski definition) is 1. The molecule has 0 radical (unpaired) electrons. The minimum absolute atomic E-state index is 0.228. The fourth-order valence-corrected chi connectivity index (χ4v) is 4.75. The van der Waals surface area contributed by atoms with Crippen molar-refractivity contribution in [2.24, 2.45) is 0 Å². The quantitative estimate of drug-likeness (QED) is 0.508. The Bertz CT molecular complexity index is 1450. The van der Waals surface area contributed by atoms with E-state index in [9.17, 15) is 19.6 Å². The number of hydrogen-bond acceptors (Lipinski definition) is 5. The Balaban J connectivity index is 1.61. The summed E-state index contributed by atoms with van der Waals surface area (Å²) < 4.78 is 5.39. The standard InChI is InChI=1S/C31H34N4O4/c1-20(34(5)30(38)39-31(2,3)4)28(36)33-26-17-16-21-10-6-7-15-27(21)35(29(26)37)19-23-12-9-13-24-22(18-32)11-8-14-25(23)24/h6-15,20,26H,16-17,19H2,1-5H3,(H,33,36)/t20-,26-/m0/s1. The Hall–Kier alpha value is -4.38. The second-order valence-electron chi connectivity index (χ2n) is 10.8. The first-order valence-corrected chi connectivity index (χ1v) is 13.1. The Morgan fingerprint density at radius 2 is 1.79 bits per heavy atom. The van der Waals surface area contributed by atoms with E-state index in [1.165, 1.54) is 11.9 Å². The highest BCUT2D eigenvalue weighted by atomic mass is 16.6. The molecule has 0 unspecified atom stereocenters. The van der Waals surface area contributed by atoms with E-state index < -0.39 is 29.7 Å². The van der Waals surface area contributed by atoms with Crippen LogP contribution < -0.4 is 10.2 Å². The molecule has 8 heteroatoms. The molecule has 1 aliphatic heterocycles. The maximum absolute atomic E-state index is 14.0. The molecule has 0 saturated heterocycles. The number of benzene rings is 3. The van der Waals surface area contributed by atoms with Gasteiger partial charge in [0.15, 0.2) is 0 Å². The third-order valence-electron chi connectivity index (χ3n) is 6.97. The van der Waals surface area contributed by atoms with Crippen molar-refractivity contribution in [2.45, 2.75) is 64.8 Å². The molecule has 3 aromatic carbocycles. The van der Waals surface area contributed by atoms with Crippen LogP contribution in [0.3, 0.4) is 0 Å². The van der Waals surface area contributed by atoms with E-state index in [1.807, 2.05) is 54.6 Å². The summed E-state index contributed by atoms with van der Waals surface area (Å²) in [5, 5.41) is 14.2. The van der Waals surface area contributed by atoms with Crippen molar-refractivity contribution >= 4 is 34.4 Å². The van der Waals surface area contributed by atoms with Crippen molar-refractivity contribution in [1.82, 2.24) is 10.2 Å². The van der Waals surface area contributed by atoms with E-state index in [2.05, 4.69) is 11.4 Å². The highest BCUT2D eigenvalue weighted by Crippen LogP contribution is 2.31. The molecule has 202 valence electrons. The van der Waals surface area contributed by atoms with Crippen LogP contribution in [0.1, 0.15) is 50.8 Å². The average Bonchev–Trinajstić information content (AvgIpc) is 3.03. The molecule has 3 aromatic rings. The summed E-state index contributed by atoms with van der Waals surface area (Å²) in [5.74, 6) is -0.662. The van der Waals surface area contributed by atoms with E-state index in [1.54, 1.807) is 38.7 Å². The predicted octanol–water partition coefficient (Wildman–Crippen LogP) is 4.93. The molecular formula is C31H34N4O4. The Morgan fingerprint density at radius 3 is 2.51 bits per heavy atom. The molecule has 1 heterocycles. The molecule has 8 nitrogen and oxygen atoms in total. The molecule has 1 aliphatic rings. The van der Waals surface area contributed by atoms with Gasteiger partial charge in [-0.15, -0.1) is 0 Å². The van der Waals surface area contributed by atoms with Gasteiger partial charge in [0.05, 0.1) is 18.2 Å². The molecule has 0 spiro atoms. The zero-order chi connectivity index (χ0) is 28.3. The van der Waals surface area contributed by atoms with Crippen LogP contribution in [0.2, 0.25) is 0 Å². The summed E-state index contributed by atoms with van der Waals surface area (Å²) in [4.78, 5) is 42.6. The number of para-hydroxylation sites is 1. The zero-order valence-corrected chi connectivity index (χ0v) is 23.0. The summed E-state index contributed by atoms with van der Waals surface area (Å²) in [6.45, 7) is 7.17. The van der Waals surface area contributed by atoms with Crippen molar-refractivity contribution in [2.75, 3.05) is 11.9 Å². The molecule has 0 fully saturated rings. The second kappa shape index (κ2) is 11.2. The molecule has 0 aliphatic carbocycles. The largest absolute Gasteiger partial charge is 0.444 e. The van der Waals surface area contributed by atoms with Crippen molar-refractivity contribution in [3.8, 4) is 6.07 Å². The number of rotatable bonds is 5. The highest BCUT2D eigenvalue weighted by molar-refractivity contribution is 6.02. The van der Waals surface area contributed by atoms with Crippen molar-refractivity contribution < 1.29 is 19.1 Å². The number of carbonyl (C=O) groups excluding carboxylic acids is 3. The zero-order valence-electron chi connectivity index (χ0n) is 23.0. The minimum Gasteiger partial charge on any atom is -0.444 e. The van der Waals surface area contributed by atoms with Crippen LogP contribution in [-0.4, -0.2) is 47.5 Å². The van der Waals surface area contributed by atoms with Crippen LogP contribution >= 0.6 is 0 Å². The number of aryl methyl sites for hydroxylation is 1. The number of fused-ring (bicyclic) bond motifs is 2. The van der Waals surface area contributed by atoms with Crippen molar-refractivity contribution in [3.05, 3.63) is 77.4 Å². The van der Waals surface area contributed by atoms with Gasteiger partial charge in [0.1, 0.15) is 17.7 Å². The molecular weight excluding hydrogens is 492 g/mol. The second-order valence-corrected chi connectivity index (χ2v) is 10.8. The van der Waals surface area contributed by atoms with Gasteiger partial charge in [-0.2, -0.15) is 5.26 Å². The maximum atomic E-state index is 14.0. The summed E-state index contributed by atoms with van der Waals surface area (Å²) in [6, 6.07) is 19.7. The third kappa shape index (κ3) is 6.04. The van der Waals surface area contributed by atoms with Crippen LogP contribution in [0.4, 0.5) is 10.5 Å². The number of nitrogens with one attached hydrogen (secondary N) is 1. The van der Waals surface area contributed by atoms with Gasteiger partial charge in [-0.05, 0) is 74.6 Å². The number of anilines is 1. The summed E-state index contributed by atoms with van der Waals surface area (Å²) in [7, 11) is 1.51. The first-order valence-electron chi connectivity index (χ1n) is 13.1. The molecule has 0 saturated carbocycles. The van der Waals surface area contributed by atoms with Crippen molar-refractivity contribution in [3.63, 3.8) is 0 Å². The Labute approximate surface area is 229 Å². The van der Waals surface area contributed by atoms with Gasteiger partial charge in [-0.1, -0.05) is 48.5 Å². The van der Waals surface area contributed by atoms with Crippen LogP contribution in [0.5, 0.6) is 0 Å². The number of amides is 3. The van der Waals surface area contributed by atoms with Gasteiger partial charge in [0, 0.05) is 12.7 Å². The van der Waals surface area contributed by atoms with Crippen LogP contribution in [0.25, 0.3) is 10.8 Å². The fourth-order valence-electron chi connectivity index (χ4n) is 4.75. The molecule has 4 rings (SSSR count). The number of nitriles is 1. The summed E-state index contributed by atoms with van der Waals surface area (Å²) in [5.41, 5.74) is 2.59. The first-order chi connectivity index (χ1) is 18.5. The molecule has 0 aromatic heterocycles. The van der Waals surface area contributed by atoms with Crippen LogP contribution in [-0.2, 0) is 27.3 Å². The SMILES string of the molecule is C[C@@H](C(=O)N[C@H]1CCc2ccccc2N(Cc2cccc3c(C#N)cccc23)C1=O)N(C)C(=O)OC(C)(C)C. The van der Waals surface area contributed by atoms with Crippen LogP contribution in [0.15, 0.2) is 60.7 Å². The molecule has 1 N–H and O–H groups in total. The number of nitrogens with zero attached hydrogens (tertiary/aromatic N) is 3. The van der Waals surface area contributed by atoms with E-state index in [-0.39, 0.29) is 12.5 Å². The van der Waals surface area contributed by atoms with Gasteiger partial charge >= 0.3 is 6.09 Å². The normalized spacial score (nSPS) is 16.1. The van der Waals surface area contributed by atoms with Gasteiger partial charge < -0.3 is 15.0 Å². The Morgan fingerprint density at radius 1 is 1.10 bits per heavy atom. The lowest BCUT2D eigenvalue weighted by Crippen LogP contribution is -2.54.